The second-order valence-electron chi connectivity index (χ2n) is 9.35. The Morgan fingerprint density at radius 2 is 1.18 bits per heavy atom. The predicted molar refractivity (Wildman–Crippen MR) is 137 cm³/mol. The molecule has 4 aromatic carbocycles. The summed E-state index contributed by atoms with van der Waals surface area (Å²) in [5.41, 5.74) is 2.35. The summed E-state index contributed by atoms with van der Waals surface area (Å²) in [5, 5.41) is 12.6. The molecular formula is C32H28O2. The highest BCUT2D eigenvalue weighted by molar-refractivity contribution is 6.01. The second-order valence-corrected chi connectivity index (χ2v) is 9.35. The maximum absolute atomic E-state index is 14.2. The smallest absolute Gasteiger partial charge is 0.170 e. The van der Waals surface area contributed by atoms with Crippen LogP contribution in [0.15, 0.2) is 127 Å². The van der Waals surface area contributed by atoms with Gasteiger partial charge in [0.25, 0.3) is 0 Å². The van der Waals surface area contributed by atoms with Gasteiger partial charge in [0.1, 0.15) is 5.60 Å². The number of aliphatic hydroxyl groups is 1. The number of benzene rings is 4. The Morgan fingerprint density at radius 1 is 0.706 bits per heavy atom. The lowest BCUT2D eigenvalue weighted by Gasteiger charge is -2.49. The van der Waals surface area contributed by atoms with Crippen LogP contribution in [0.3, 0.4) is 0 Å². The molecule has 1 aliphatic rings. The average molecular weight is 445 g/mol. The number of carbonyl (C=O) groups is 1. The van der Waals surface area contributed by atoms with E-state index >= 15 is 0 Å². The fourth-order valence-electron chi connectivity index (χ4n) is 5.52. The van der Waals surface area contributed by atoms with Gasteiger partial charge in [0.15, 0.2) is 5.78 Å². The van der Waals surface area contributed by atoms with Crippen LogP contribution in [-0.4, -0.2) is 10.9 Å². The van der Waals surface area contributed by atoms with Gasteiger partial charge in [-0.25, -0.2) is 0 Å². The van der Waals surface area contributed by atoms with E-state index in [1.165, 1.54) is 0 Å². The van der Waals surface area contributed by atoms with Crippen LogP contribution in [0.1, 0.15) is 40.4 Å². The SMILES string of the molecule is CC1(c2ccccc2)CC(c2ccccc2)=CC(O)(c2ccccc2)C1C(=O)c1ccccc1. The van der Waals surface area contributed by atoms with Crippen LogP contribution < -0.4 is 0 Å². The van der Waals surface area contributed by atoms with Crippen LogP contribution in [0, 0.1) is 5.92 Å². The fraction of sp³-hybridized carbons (Fsp3) is 0.156. The van der Waals surface area contributed by atoms with Crippen molar-refractivity contribution >= 4 is 11.4 Å². The molecule has 0 fully saturated rings. The number of ketones is 1. The molecule has 168 valence electrons. The van der Waals surface area contributed by atoms with Crippen LogP contribution >= 0.6 is 0 Å². The van der Waals surface area contributed by atoms with E-state index < -0.39 is 16.9 Å². The summed E-state index contributed by atoms with van der Waals surface area (Å²) in [6.45, 7) is 2.12. The summed E-state index contributed by atoms with van der Waals surface area (Å²) in [4.78, 5) is 14.2. The van der Waals surface area contributed by atoms with E-state index in [1.807, 2.05) is 103 Å². The molecular weight excluding hydrogens is 416 g/mol. The van der Waals surface area contributed by atoms with Gasteiger partial charge in [0.05, 0.1) is 5.92 Å². The third kappa shape index (κ3) is 3.81. The van der Waals surface area contributed by atoms with Crippen molar-refractivity contribution in [2.24, 2.45) is 5.92 Å². The number of carbonyl (C=O) groups excluding carboxylic acids is 1. The third-order valence-corrected chi connectivity index (χ3v) is 7.16. The van der Waals surface area contributed by atoms with Gasteiger partial charge < -0.3 is 5.11 Å². The molecule has 34 heavy (non-hydrogen) atoms. The summed E-state index contributed by atoms with van der Waals surface area (Å²) in [7, 11) is 0. The molecule has 4 aromatic rings. The van der Waals surface area contributed by atoms with Crippen molar-refractivity contribution in [3.8, 4) is 0 Å². The molecule has 3 unspecified atom stereocenters. The first-order chi connectivity index (χ1) is 16.5. The van der Waals surface area contributed by atoms with Gasteiger partial charge in [-0.05, 0) is 34.8 Å². The highest BCUT2D eigenvalue weighted by atomic mass is 16.3. The summed E-state index contributed by atoms with van der Waals surface area (Å²) in [6.07, 6.45) is 2.56. The van der Waals surface area contributed by atoms with Crippen molar-refractivity contribution in [1.29, 1.82) is 0 Å². The van der Waals surface area contributed by atoms with Crippen molar-refractivity contribution in [2.45, 2.75) is 24.4 Å². The molecule has 1 N–H and O–H groups in total. The lowest BCUT2D eigenvalue weighted by Crippen LogP contribution is -2.53. The highest BCUT2D eigenvalue weighted by Gasteiger charge is 2.55. The van der Waals surface area contributed by atoms with Gasteiger partial charge in [-0.3, -0.25) is 4.79 Å². The zero-order chi connectivity index (χ0) is 23.6. The maximum Gasteiger partial charge on any atom is 0.170 e. The second kappa shape index (κ2) is 8.89. The Hall–Kier alpha value is -3.75. The van der Waals surface area contributed by atoms with Gasteiger partial charge in [0, 0.05) is 11.0 Å². The van der Waals surface area contributed by atoms with E-state index in [1.54, 1.807) is 0 Å². The topological polar surface area (TPSA) is 37.3 Å². The Labute approximate surface area is 201 Å². The van der Waals surface area contributed by atoms with Crippen LogP contribution in [-0.2, 0) is 11.0 Å². The Morgan fingerprint density at radius 3 is 1.74 bits per heavy atom. The molecule has 2 nitrogen and oxygen atoms in total. The largest absolute Gasteiger partial charge is 0.380 e. The van der Waals surface area contributed by atoms with Crippen LogP contribution in [0.4, 0.5) is 0 Å². The minimum atomic E-state index is -1.48. The summed E-state index contributed by atoms with van der Waals surface area (Å²) < 4.78 is 0. The first-order valence-corrected chi connectivity index (χ1v) is 11.7. The van der Waals surface area contributed by atoms with Crippen LogP contribution in [0.5, 0.6) is 0 Å². The summed E-state index contributed by atoms with van der Waals surface area (Å²) in [6, 6.07) is 39.3. The predicted octanol–water partition coefficient (Wildman–Crippen LogP) is 6.82. The van der Waals surface area contributed by atoms with E-state index in [2.05, 4.69) is 31.2 Å². The van der Waals surface area contributed by atoms with E-state index in [9.17, 15) is 9.90 Å². The first-order valence-electron chi connectivity index (χ1n) is 11.7. The molecule has 0 saturated heterocycles. The quantitative estimate of drug-likeness (QED) is 0.343. The third-order valence-electron chi connectivity index (χ3n) is 7.16. The Kier molecular flexibility index (Phi) is 5.77. The molecule has 3 atom stereocenters. The van der Waals surface area contributed by atoms with Crippen molar-refractivity contribution in [3.05, 3.63) is 150 Å². The van der Waals surface area contributed by atoms with Crippen molar-refractivity contribution < 1.29 is 9.90 Å². The highest BCUT2D eigenvalue weighted by Crippen LogP contribution is 2.54. The fourth-order valence-corrected chi connectivity index (χ4v) is 5.52. The monoisotopic (exact) mass is 444 g/mol. The lowest BCUT2D eigenvalue weighted by molar-refractivity contribution is -0.00846. The van der Waals surface area contributed by atoms with Crippen LogP contribution in [0.2, 0.25) is 0 Å². The number of allylic oxidation sites excluding steroid dienone is 1. The standard InChI is InChI=1S/C32H28O2/c1-31(27-18-10-4-11-19-27)22-26(24-14-6-2-7-15-24)23-32(34,28-20-12-5-13-21-28)30(31)29(33)25-16-8-3-9-17-25/h2-21,23,30,34H,22H2,1H3. The average Bonchev–Trinajstić information content (AvgIpc) is 2.90. The minimum Gasteiger partial charge on any atom is -0.380 e. The molecule has 0 bridgehead atoms. The zero-order valence-electron chi connectivity index (χ0n) is 19.3. The van der Waals surface area contributed by atoms with E-state index in [4.69, 9.17) is 0 Å². The van der Waals surface area contributed by atoms with E-state index in [0.29, 0.717) is 12.0 Å². The molecule has 0 aliphatic heterocycles. The summed E-state index contributed by atoms with van der Waals surface area (Å²) in [5.74, 6) is -0.763. The Bertz CT molecular complexity index is 1300. The van der Waals surface area contributed by atoms with Gasteiger partial charge in [-0.1, -0.05) is 128 Å². The minimum absolute atomic E-state index is 0.0540. The van der Waals surface area contributed by atoms with Crippen LogP contribution in [0.25, 0.3) is 5.57 Å². The molecule has 2 heteroatoms. The molecule has 0 saturated carbocycles. The molecule has 0 heterocycles. The number of hydrogen-bond donors (Lipinski definition) is 1. The normalized spacial score (nSPS) is 24.3. The molecule has 0 spiro atoms. The van der Waals surface area contributed by atoms with Gasteiger partial charge in [-0.15, -0.1) is 0 Å². The number of rotatable bonds is 5. The van der Waals surface area contributed by atoms with Gasteiger partial charge in [-0.2, -0.15) is 0 Å². The Balaban J connectivity index is 1.80. The van der Waals surface area contributed by atoms with E-state index in [0.717, 1.165) is 22.3 Å². The van der Waals surface area contributed by atoms with Crippen molar-refractivity contribution in [2.75, 3.05) is 0 Å². The van der Waals surface area contributed by atoms with Gasteiger partial charge >= 0.3 is 0 Å². The van der Waals surface area contributed by atoms with Gasteiger partial charge in [0.2, 0.25) is 0 Å². The molecule has 0 radical (unpaired) electrons. The molecule has 0 aromatic heterocycles. The molecule has 0 amide bonds. The van der Waals surface area contributed by atoms with Crippen molar-refractivity contribution in [3.63, 3.8) is 0 Å². The maximum atomic E-state index is 14.2. The number of hydrogen-bond acceptors (Lipinski definition) is 2. The van der Waals surface area contributed by atoms with Crippen molar-refractivity contribution in [1.82, 2.24) is 0 Å². The number of Topliss-reactive ketones (excluding diaryl/α,β-unsaturated/α-hetero) is 1. The van der Waals surface area contributed by atoms with E-state index in [-0.39, 0.29) is 5.78 Å². The lowest BCUT2D eigenvalue weighted by atomic mass is 9.54. The molecule has 5 rings (SSSR count). The zero-order valence-corrected chi connectivity index (χ0v) is 19.3. The summed E-state index contributed by atoms with van der Waals surface area (Å²) >= 11 is 0. The molecule has 1 aliphatic carbocycles. The first kappa shape index (κ1) is 22.1.